The summed E-state index contributed by atoms with van der Waals surface area (Å²) in [5, 5.41) is 19.4. The summed E-state index contributed by atoms with van der Waals surface area (Å²) in [4.78, 5) is 0. The zero-order chi connectivity index (χ0) is 13.1. The molecule has 0 saturated heterocycles. The molecule has 2 aromatic rings. The molecule has 0 fully saturated rings. The summed E-state index contributed by atoms with van der Waals surface area (Å²) >= 11 is 0. The van der Waals surface area contributed by atoms with Crippen LogP contribution < -0.4 is 9.47 Å². The highest BCUT2D eigenvalue weighted by Crippen LogP contribution is 2.39. The molecule has 0 spiro atoms. The first kappa shape index (κ1) is 12.1. The van der Waals surface area contributed by atoms with Gasteiger partial charge in [-0.1, -0.05) is 0 Å². The Morgan fingerprint density at radius 3 is 2.28 bits per heavy atom. The zero-order valence-electron chi connectivity index (χ0n) is 10.2. The highest BCUT2D eigenvalue weighted by Gasteiger charge is 2.12. The van der Waals surface area contributed by atoms with Crippen molar-refractivity contribution in [3.63, 3.8) is 0 Å². The lowest BCUT2D eigenvalue weighted by Gasteiger charge is -2.11. The number of ether oxygens (including phenoxy) is 2. The lowest BCUT2D eigenvalue weighted by atomic mass is 10.0. The molecule has 0 aromatic heterocycles. The van der Waals surface area contributed by atoms with Crippen LogP contribution in [0.2, 0.25) is 0 Å². The molecule has 94 valence electrons. The van der Waals surface area contributed by atoms with Crippen molar-refractivity contribution in [1.29, 1.82) is 0 Å². The second kappa shape index (κ2) is 4.87. The first-order valence-electron chi connectivity index (χ1n) is 5.40. The molecule has 0 aliphatic heterocycles. The molecule has 0 aliphatic carbocycles. The van der Waals surface area contributed by atoms with Gasteiger partial charge in [0.2, 0.25) is 0 Å². The summed E-state index contributed by atoms with van der Waals surface area (Å²) in [7, 11) is 3.09. The maximum absolute atomic E-state index is 9.90. The van der Waals surface area contributed by atoms with E-state index in [9.17, 15) is 10.2 Å². The van der Waals surface area contributed by atoms with E-state index < -0.39 is 0 Å². The summed E-state index contributed by atoms with van der Waals surface area (Å²) < 4.78 is 10.3. The van der Waals surface area contributed by atoms with Gasteiger partial charge in [-0.3, -0.25) is 0 Å². The van der Waals surface area contributed by atoms with E-state index in [1.165, 1.54) is 25.3 Å². The number of methoxy groups -OCH3 is 2. The predicted octanol–water partition coefficient (Wildman–Crippen LogP) is 2.78. The molecule has 2 aromatic carbocycles. The normalized spacial score (nSPS) is 10.1. The fourth-order valence-electron chi connectivity index (χ4n) is 1.76. The van der Waals surface area contributed by atoms with Gasteiger partial charge >= 0.3 is 0 Å². The maximum atomic E-state index is 9.90. The van der Waals surface area contributed by atoms with E-state index in [1.807, 2.05) is 0 Å². The van der Waals surface area contributed by atoms with Crippen LogP contribution in [0.5, 0.6) is 23.0 Å². The molecule has 0 atom stereocenters. The third-order valence-corrected chi connectivity index (χ3v) is 2.68. The number of hydrogen-bond acceptors (Lipinski definition) is 4. The Labute approximate surface area is 105 Å². The average molecular weight is 246 g/mol. The van der Waals surface area contributed by atoms with Crippen LogP contribution in [0.4, 0.5) is 0 Å². The molecule has 0 radical (unpaired) electrons. The van der Waals surface area contributed by atoms with Crippen LogP contribution in [0.3, 0.4) is 0 Å². The number of phenols is 2. The van der Waals surface area contributed by atoms with Gasteiger partial charge in [-0.15, -0.1) is 0 Å². The second-order valence-electron chi connectivity index (χ2n) is 3.77. The fraction of sp³-hybridized carbons (Fsp3) is 0.143. The molecule has 4 heteroatoms. The van der Waals surface area contributed by atoms with E-state index in [0.29, 0.717) is 22.6 Å². The highest BCUT2D eigenvalue weighted by atomic mass is 16.5. The van der Waals surface area contributed by atoms with Crippen LogP contribution in [-0.2, 0) is 0 Å². The first-order chi connectivity index (χ1) is 8.65. The van der Waals surface area contributed by atoms with Gasteiger partial charge < -0.3 is 19.7 Å². The summed E-state index contributed by atoms with van der Waals surface area (Å²) in [5.74, 6) is 1.39. The van der Waals surface area contributed by atoms with E-state index in [0.717, 1.165) is 0 Å². The minimum Gasteiger partial charge on any atom is -0.508 e. The number of aromatic hydroxyl groups is 2. The van der Waals surface area contributed by atoms with E-state index in [1.54, 1.807) is 25.3 Å². The summed E-state index contributed by atoms with van der Waals surface area (Å²) in [6, 6.07) is 9.59. The molecule has 2 rings (SSSR count). The topological polar surface area (TPSA) is 58.9 Å². The van der Waals surface area contributed by atoms with Crippen molar-refractivity contribution in [3.8, 4) is 34.1 Å². The van der Waals surface area contributed by atoms with Crippen molar-refractivity contribution < 1.29 is 19.7 Å². The smallest absolute Gasteiger partial charge is 0.127 e. The predicted molar refractivity (Wildman–Crippen MR) is 68.3 cm³/mol. The van der Waals surface area contributed by atoms with Gasteiger partial charge in [0.15, 0.2) is 0 Å². The number of benzene rings is 2. The van der Waals surface area contributed by atoms with Crippen molar-refractivity contribution >= 4 is 0 Å². The molecule has 18 heavy (non-hydrogen) atoms. The van der Waals surface area contributed by atoms with Gasteiger partial charge in [-0.2, -0.15) is 0 Å². The molecule has 0 bridgehead atoms. The SMILES string of the molecule is COc1ccc(O)c(-c2cc(O)ccc2OC)c1. The lowest BCUT2D eigenvalue weighted by molar-refractivity contribution is 0.410. The van der Waals surface area contributed by atoms with E-state index in [4.69, 9.17) is 9.47 Å². The number of hydrogen-bond donors (Lipinski definition) is 2. The largest absolute Gasteiger partial charge is 0.508 e. The summed E-state index contributed by atoms with van der Waals surface area (Å²) in [6.45, 7) is 0. The Kier molecular flexibility index (Phi) is 3.28. The van der Waals surface area contributed by atoms with Crippen molar-refractivity contribution in [2.24, 2.45) is 0 Å². The molecule has 0 amide bonds. The molecule has 2 N–H and O–H groups in total. The molecular weight excluding hydrogens is 232 g/mol. The number of rotatable bonds is 3. The van der Waals surface area contributed by atoms with Crippen LogP contribution in [0.15, 0.2) is 36.4 Å². The van der Waals surface area contributed by atoms with Gasteiger partial charge in [0.25, 0.3) is 0 Å². The van der Waals surface area contributed by atoms with Crippen LogP contribution in [0.1, 0.15) is 0 Å². The van der Waals surface area contributed by atoms with Crippen molar-refractivity contribution in [2.45, 2.75) is 0 Å². The molecule has 0 aliphatic rings. The van der Waals surface area contributed by atoms with Crippen molar-refractivity contribution in [3.05, 3.63) is 36.4 Å². The molecule has 4 nitrogen and oxygen atoms in total. The molecule has 0 unspecified atom stereocenters. The highest BCUT2D eigenvalue weighted by molar-refractivity contribution is 5.77. The van der Waals surface area contributed by atoms with Gasteiger partial charge in [0.1, 0.15) is 23.0 Å². The molecular formula is C14H14O4. The van der Waals surface area contributed by atoms with Gasteiger partial charge in [0, 0.05) is 11.1 Å². The Balaban J connectivity index is 2.63. The second-order valence-corrected chi connectivity index (χ2v) is 3.77. The Hall–Kier alpha value is -2.36. The zero-order valence-corrected chi connectivity index (χ0v) is 10.2. The number of phenolic OH excluding ortho intramolecular Hbond substituents is 2. The van der Waals surface area contributed by atoms with Gasteiger partial charge in [-0.25, -0.2) is 0 Å². The van der Waals surface area contributed by atoms with E-state index in [2.05, 4.69) is 0 Å². The fourth-order valence-corrected chi connectivity index (χ4v) is 1.76. The van der Waals surface area contributed by atoms with Crippen LogP contribution >= 0.6 is 0 Å². The molecule has 0 heterocycles. The summed E-state index contributed by atoms with van der Waals surface area (Å²) in [6.07, 6.45) is 0. The van der Waals surface area contributed by atoms with E-state index >= 15 is 0 Å². The quantitative estimate of drug-likeness (QED) is 0.874. The third-order valence-electron chi connectivity index (χ3n) is 2.68. The van der Waals surface area contributed by atoms with Gasteiger partial charge in [-0.05, 0) is 36.4 Å². The Morgan fingerprint density at radius 2 is 1.61 bits per heavy atom. The van der Waals surface area contributed by atoms with Crippen molar-refractivity contribution in [1.82, 2.24) is 0 Å². The third kappa shape index (κ3) is 2.18. The van der Waals surface area contributed by atoms with Gasteiger partial charge in [0.05, 0.1) is 14.2 Å². The van der Waals surface area contributed by atoms with E-state index in [-0.39, 0.29) is 11.5 Å². The van der Waals surface area contributed by atoms with Crippen LogP contribution in [0.25, 0.3) is 11.1 Å². The average Bonchev–Trinajstić information content (AvgIpc) is 2.39. The minimum absolute atomic E-state index is 0.0969. The Bertz CT molecular complexity index is 564. The Morgan fingerprint density at radius 1 is 0.833 bits per heavy atom. The first-order valence-corrected chi connectivity index (χ1v) is 5.40. The van der Waals surface area contributed by atoms with Crippen LogP contribution in [-0.4, -0.2) is 24.4 Å². The van der Waals surface area contributed by atoms with Crippen LogP contribution in [0, 0.1) is 0 Å². The van der Waals surface area contributed by atoms with Crippen molar-refractivity contribution in [2.75, 3.05) is 14.2 Å². The lowest BCUT2D eigenvalue weighted by Crippen LogP contribution is -1.89. The summed E-state index contributed by atoms with van der Waals surface area (Å²) in [5.41, 5.74) is 1.15. The maximum Gasteiger partial charge on any atom is 0.127 e. The monoisotopic (exact) mass is 246 g/mol. The standard InChI is InChI=1S/C14H14O4/c1-17-10-4-5-13(16)11(8-10)12-7-9(15)3-6-14(12)18-2/h3-8,15-16H,1-2H3. The molecule has 0 saturated carbocycles. The minimum atomic E-state index is 0.0969.